The van der Waals surface area contributed by atoms with Gasteiger partial charge in [-0.15, -0.1) is 0 Å². The van der Waals surface area contributed by atoms with Gasteiger partial charge in [-0.05, 0) is 6.42 Å². The zero-order valence-corrected chi connectivity index (χ0v) is 6.90. The summed E-state index contributed by atoms with van der Waals surface area (Å²) >= 11 is 3.27. The Morgan fingerprint density at radius 1 is 2.00 bits per heavy atom. The molecule has 2 nitrogen and oxygen atoms in total. The van der Waals surface area contributed by atoms with Crippen molar-refractivity contribution in [2.75, 3.05) is 6.54 Å². The van der Waals surface area contributed by atoms with Gasteiger partial charge in [0.05, 0.1) is 0 Å². The van der Waals surface area contributed by atoms with Gasteiger partial charge < -0.3 is 10.4 Å². The average molecular weight is 192 g/mol. The van der Waals surface area contributed by atoms with E-state index < -0.39 is 5.60 Å². The van der Waals surface area contributed by atoms with E-state index >= 15 is 0 Å². The van der Waals surface area contributed by atoms with Crippen LogP contribution in [-0.2, 0) is 0 Å². The second-order valence-electron chi connectivity index (χ2n) is 2.26. The third kappa shape index (κ3) is 1.12. The summed E-state index contributed by atoms with van der Waals surface area (Å²) in [5, 5.41) is 12.5. The summed E-state index contributed by atoms with van der Waals surface area (Å²) < 4.78 is 0.859. The lowest BCUT2D eigenvalue weighted by molar-refractivity contribution is 0.0960. The van der Waals surface area contributed by atoms with Crippen molar-refractivity contribution in [3.63, 3.8) is 0 Å². The smallest absolute Gasteiger partial charge is 0.114 e. The van der Waals surface area contributed by atoms with Crippen LogP contribution in [0.15, 0.2) is 10.7 Å². The number of hydrogen-bond acceptors (Lipinski definition) is 2. The van der Waals surface area contributed by atoms with Crippen LogP contribution in [0.3, 0.4) is 0 Å². The molecule has 3 heteroatoms. The molecule has 0 saturated heterocycles. The summed E-state index contributed by atoms with van der Waals surface area (Å²) in [6, 6.07) is 0. The van der Waals surface area contributed by atoms with Crippen molar-refractivity contribution in [2.24, 2.45) is 0 Å². The van der Waals surface area contributed by atoms with E-state index in [1.807, 2.05) is 6.92 Å². The van der Waals surface area contributed by atoms with Crippen molar-refractivity contribution in [1.29, 1.82) is 0 Å². The number of hydrogen-bond donors (Lipinski definition) is 2. The molecule has 0 aromatic carbocycles. The molecule has 0 fully saturated rings. The van der Waals surface area contributed by atoms with E-state index in [1.54, 1.807) is 6.20 Å². The maximum Gasteiger partial charge on any atom is 0.114 e. The topological polar surface area (TPSA) is 32.3 Å². The van der Waals surface area contributed by atoms with Crippen LogP contribution in [0.25, 0.3) is 0 Å². The summed E-state index contributed by atoms with van der Waals surface area (Å²) in [7, 11) is 0. The normalized spacial score (nSPS) is 33.9. The molecular formula is C6H10BrNO. The Kier molecular flexibility index (Phi) is 1.82. The molecule has 1 aliphatic heterocycles. The maximum atomic E-state index is 9.59. The standard InChI is InChI=1S/C6H10BrNO/c1-2-6(9)4-8-3-5(6)7/h3,8-9H,2,4H2,1H3. The van der Waals surface area contributed by atoms with Crippen LogP contribution in [-0.4, -0.2) is 17.3 Å². The monoisotopic (exact) mass is 191 g/mol. The number of β-amino-alcohol motifs (C(OH)–C–C–N with tert-alkyl or cyclic N) is 1. The lowest BCUT2D eigenvalue weighted by Gasteiger charge is -2.19. The first kappa shape index (κ1) is 7.09. The van der Waals surface area contributed by atoms with Crippen LogP contribution < -0.4 is 5.32 Å². The number of aliphatic hydroxyl groups is 1. The summed E-state index contributed by atoms with van der Waals surface area (Å²) in [6.45, 7) is 2.59. The molecule has 2 N–H and O–H groups in total. The highest BCUT2D eigenvalue weighted by Gasteiger charge is 2.31. The van der Waals surface area contributed by atoms with Crippen LogP contribution in [0.4, 0.5) is 0 Å². The molecule has 0 aromatic rings. The zero-order chi connectivity index (χ0) is 6.91. The predicted octanol–water partition coefficient (Wildman–Crippen LogP) is 0.967. The quantitative estimate of drug-likeness (QED) is 0.648. The van der Waals surface area contributed by atoms with Crippen LogP contribution in [0.2, 0.25) is 0 Å². The highest BCUT2D eigenvalue weighted by Crippen LogP contribution is 2.28. The van der Waals surface area contributed by atoms with Gasteiger partial charge in [-0.3, -0.25) is 0 Å². The van der Waals surface area contributed by atoms with Gasteiger partial charge >= 0.3 is 0 Å². The van der Waals surface area contributed by atoms with Gasteiger partial charge in [0.1, 0.15) is 5.60 Å². The summed E-state index contributed by atoms with van der Waals surface area (Å²) in [6.07, 6.45) is 2.54. The minimum atomic E-state index is -0.639. The first-order valence-electron chi connectivity index (χ1n) is 3.01. The van der Waals surface area contributed by atoms with E-state index in [0.717, 1.165) is 10.9 Å². The average Bonchev–Trinajstić information content (AvgIpc) is 2.15. The molecule has 1 heterocycles. The summed E-state index contributed by atoms with van der Waals surface area (Å²) in [5.41, 5.74) is -0.639. The van der Waals surface area contributed by atoms with Gasteiger partial charge in [0.15, 0.2) is 0 Å². The van der Waals surface area contributed by atoms with Crippen molar-refractivity contribution in [3.05, 3.63) is 10.7 Å². The Morgan fingerprint density at radius 3 is 2.89 bits per heavy atom. The molecule has 52 valence electrons. The fourth-order valence-corrected chi connectivity index (χ4v) is 1.40. The molecule has 0 spiro atoms. The third-order valence-corrected chi connectivity index (χ3v) is 2.62. The van der Waals surface area contributed by atoms with Gasteiger partial charge in [0.2, 0.25) is 0 Å². The van der Waals surface area contributed by atoms with Crippen molar-refractivity contribution in [1.82, 2.24) is 5.32 Å². The molecule has 0 bridgehead atoms. The highest BCUT2D eigenvalue weighted by molar-refractivity contribution is 9.11. The van der Waals surface area contributed by atoms with E-state index in [1.165, 1.54) is 0 Å². The van der Waals surface area contributed by atoms with E-state index in [2.05, 4.69) is 21.2 Å². The maximum absolute atomic E-state index is 9.59. The van der Waals surface area contributed by atoms with Gasteiger partial charge in [-0.25, -0.2) is 0 Å². The molecule has 0 saturated carbocycles. The molecular weight excluding hydrogens is 182 g/mol. The van der Waals surface area contributed by atoms with Crippen molar-refractivity contribution in [2.45, 2.75) is 18.9 Å². The summed E-state index contributed by atoms with van der Waals surface area (Å²) in [5.74, 6) is 0. The van der Waals surface area contributed by atoms with Gasteiger partial charge in [0, 0.05) is 17.2 Å². The fraction of sp³-hybridized carbons (Fsp3) is 0.667. The third-order valence-electron chi connectivity index (χ3n) is 1.65. The lowest BCUT2D eigenvalue weighted by atomic mass is 10.0. The Hall–Kier alpha value is -0.0200. The zero-order valence-electron chi connectivity index (χ0n) is 5.32. The minimum absolute atomic E-state index is 0.629. The minimum Gasteiger partial charge on any atom is -0.387 e. The highest BCUT2D eigenvalue weighted by atomic mass is 79.9. The molecule has 0 amide bonds. The largest absolute Gasteiger partial charge is 0.387 e. The Balaban J connectivity index is 2.70. The van der Waals surface area contributed by atoms with Gasteiger partial charge in [0.25, 0.3) is 0 Å². The van der Waals surface area contributed by atoms with Crippen LogP contribution in [0, 0.1) is 0 Å². The van der Waals surface area contributed by atoms with Gasteiger partial charge in [-0.1, -0.05) is 22.9 Å². The second-order valence-corrected chi connectivity index (χ2v) is 3.11. The van der Waals surface area contributed by atoms with Crippen LogP contribution in [0.5, 0.6) is 0 Å². The molecule has 0 aromatic heterocycles. The van der Waals surface area contributed by atoms with Crippen LogP contribution >= 0.6 is 15.9 Å². The molecule has 1 aliphatic rings. The second kappa shape index (κ2) is 2.31. The first-order valence-corrected chi connectivity index (χ1v) is 3.80. The number of halogens is 1. The predicted molar refractivity (Wildman–Crippen MR) is 40.3 cm³/mol. The fourth-order valence-electron chi connectivity index (χ4n) is 0.822. The summed E-state index contributed by atoms with van der Waals surface area (Å²) in [4.78, 5) is 0. The molecule has 0 aliphatic carbocycles. The molecule has 1 unspecified atom stereocenters. The number of nitrogens with one attached hydrogen (secondary N) is 1. The first-order chi connectivity index (χ1) is 4.19. The Bertz CT molecular complexity index is 146. The van der Waals surface area contributed by atoms with Crippen molar-refractivity contribution >= 4 is 15.9 Å². The van der Waals surface area contributed by atoms with E-state index in [0.29, 0.717) is 6.54 Å². The van der Waals surface area contributed by atoms with E-state index in [4.69, 9.17) is 0 Å². The molecule has 1 rings (SSSR count). The Labute approximate surface area is 63.1 Å². The van der Waals surface area contributed by atoms with Crippen molar-refractivity contribution in [3.8, 4) is 0 Å². The molecule has 0 radical (unpaired) electrons. The van der Waals surface area contributed by atoms with E-state index in [9.17, 15) is 5.11 Å². The van der Waals surface area contributed by atoms with E-state index in [-0.39, 0.29) is 0 Å². The number of rotatable bonds is 1. The van der Waals surface area contributed by atoms with Crippen molar-refractivity contribution < 1.29 is 5.11 Å². The van der Waals surface area contributed by atoms with Gasteiger partial charge in [-0.2, -0.15) is 0 Å². The SMILES string of the molecule is CCC1(O)CNC=C1Br. The molecule has 1 atom stereocenters. The van der Waals surface area contributed by atoms with Crippen LogP contribution in [0.1, 0.15) is 13.3 Å². The Morgan fingerprint density at radius 2 is 2.67 bits per heavy atom. The lowest BCUT2D eigenvalue weighted by Crippen LogP contribution is -2.32. The molecule has 9 heavy (non-hydrogen) atoms.